The number of carbonyl (C=O) groups excluding carboxylic acids is 1. The number of ether oxygens (including phenoxy) is 1. The van der Waals surface area contributed by atoms with E-state index < -0.39 is 6.09 Å². The van der Waals surface area contributed by atoms with Crippen molar-refractivity contribution >= 4 is 23.5 Å². The highest BCUT2D eigenvalue weighted by molar-refractivity contribution is 7.80. The molecule has 0 aromatic carbocycles. The van der Waals surface area contributed by atoms with Crippen molar-refractivity contribution in [2.75, 3.05) is 0 Å². The van der Waals surface area contributed by atoms with Crippen LogP contribution in [0.1, 0.15) is 28.2 Å². The predicted molar refractivity (Wildman–Crippen MR) is 52.9 cm³/mol. The molecule has 0 rings (SSSR count). The summed E-state index contributed by atoms with van der Waals surface area (Å²) in [6.07, 6.45) is -0.620. The lowest BCUT2D eigenvalue weighted by atomic mass is 10.1. The van der Waals surface area contributed by atoms with E-state index in [4.69, 9.17) is 5.73 Å². The van der Waals surface area contributed by atoms with E-state index >= 15 is 0 Å². The second-order valence-corrected chi connectivity index (χ2v) is 3.49. The highest BCUT2D eigenvalue weighted by Gasteiger charge is 2.14. The summed E-state index contributed by atoms with van der Waals surface area (Å²) in [5.41, 5.74) is 4.63. The predicted octanol–water partition coefficient (Wildman–Crippen LogP) is 1.39. The van der Waals surface area contributed by atoms with Crippen molar-refractivity contribution in [1.29, 1.82) is 0 Å². The van der Waals surface area contributed by atoms with Gasteiger partial charge in [-0.1, -0.05) is 7.43 Å². The summed E-state index contributed by atoms with van der Waals surface area (Å²) < 4.78 is 4.39. The van der Waals surface area contributed by atoms with Crippen LogP contribution in [0.4, 0.5) is 4.79 Å². The van der Waals surface area contributed by atoms with Crippen LogP contribution in [-0.2, 0) is 4.74 Å². The van der Waals surface area contributed by atoms with Gasteiger partial charge < -0.3 is 15.8 Å². The van der Waals surface area contributed by atoms with Gasteiger partial charge in [-0.3, -0.25) is 0 Å². The highest BCUT2D eigenvalue weighted by atomic mass is 32.1. The highest BCUT2D eigenvalue weighted by Crippen LogP contribution is 1.98. The van der Waals surface area contributed by atoms with E-state index in [-0.39, 0.29) is 18.1 Å². The topological polar surface area (TPSA) is 64.3 Å². The molecule has 0 aromatic rings. The van der Waals surface area contributed by atoms with E-state index in [1.165, 1.54) is 0 Å². The molecule has 0 unspecified atom stereocenters. The van der Waals surface area contributed by atoms with Crippen molar-refractivity contribution in [3.05, 3.63) is 0 Å². The molecule has 0 saturated carbocycles. The molecule has 0 heterocycles. The summed E-state index contributed by atoms with van der Waals surface area (Å²) >= 11 is 4.36. The summed E-state index contributed by atoms with van der Waals surface area (Å²) in [7, 11) is 0. The Balaban J connectivity index is 0. The van der Waals surface area contributed by atoms with Gasteiger partial charge in [-0.2, -0.15) is 0 Å². The average molecular weight is 192 g/mol. The minimum atomic E-state index is -0.620. The minimum Gasteiger partial charge on any atom is -0.383 e. The van der Waals surface area contributed by atoms with Crippen LogP contribution < -0.4 is 11.1 Å². The zero-order valence-corrected chi connectivity index (χ0v) is 7.62. The maximum atomic E-state index is 10.8. The summed E-state index contributed by atoms with van der Waals surface area (Å²) in [4.78, 5) is 10.8. The van der Waals surface area contributed by atoms with E-state index in [9.17, 15) is 4.79 Å². The fourth-order valence-corrected chi connectivity index (χ4v) is 0.499. The molecule has 5 heteroatoms. The van der Waals surface area contributed by atoms with Crippen molar-refractivity contribution in [2.24, 2.45) is 5.73 Å². The van der Waals surface area contributed by atoms with Crippen LogP contribution in [0.2, 0.25) is 0 Å². The third kappa shape index (κ3) is 9.16. The molecule has 4 nitrogen and oxygen atoms in total. The van der Waals surface area contributed by atoms with Crippen molar-refractivity contribution in [3.8, 4) is 0 Å². The maximum Gasteiger partial charge on any atom is 0.414 e. The van der Waals surface area contributed by atoms with Gasteiger partial charge in [0.25, 0.3) is 5.17 Å². The molecule has 0 bridgehead atoms. The molecule has 72 valence electrons. The van der Waals surface area contributed by atoms with Gasteiger partial charge in [-0.05, 0) is 33.0 Å². The lowest BCUT2D eigenvalue weighted by Gasteiger charge is -2.19. The first-order valence-electron chi connectivity index (χ1n) is 3.11. The molecular weight excluding hydrogens is 176 g/mol. The SMILES string of the molecule is C.CC(C)(C)NC(=O)OC(N)=S. The number of rotatable bonds is 0. The number of carbonyl (C=O) groups is 1. The molecule has 0 aliphatic rings. The molecule has 3 N–H and O–H groups in total. The zero-order chi connectivity index (χ0) is 9.07. The van der Waals surface area contributed by atoms with Crippen LogP contribution in [-0.4, -0.2) is 16.8 Å². The molecule has 1 amide bonds. The van der Waals surface area contributed by atoms with E-state index in [1.807, 2.05) is 20.8 Å². The van der Waals surface area contributed by atoms with E-state index in [0.29, 0.717) is 0 Å². The Morgan fingerprint density at radius 2 is 1.92 bits per heavy atom. The van der Waals surface area contributed by atoms with Crippen molar-refractivity contribution in [1.82, 2.24) is 5.32 Å². The molecule has 0 radical (unpaired) electrons. The molecule has 0 aromatic heterocycles. The van der Waals surface area contributed by atoms with Gasteiger partial charge >= 0.3 is 6.09 Å². The summed E-state index contributed by atoms with van der Waals surface area (Å²) in [5, 5.41) is 2.25. The number of alkyl carbamates (subject to hydrolysis) is 1. The Kier molecular flexibility index (Phi) is 5.63. The summed E-state index contributed by atoms with van der Waals surface area (Å²) in [5.74, 6) is 0. The Morgan fingerprint density at radius 3 is 2.17 bits per heavy atom. The molecule has 0 aliphatic carbocycles. The third-order valence-corrected chi connectivity index (χ3v) is 0.754. The first-order valence-corrected chi connectivity index (χ1v) is 3.51. The van der Waals surface area contributed by atoms with Gasteiger partial charge in [-0.15, -0.1) is 0 Å². The van der Waals surface area contributed by atoms with Gasteiger partial charge in [0.15, 0.2) is 0 Å². The number of hydrogen-bond donors (Lipinski definition) is 2. The normalized spacial score (nSPS) is 9.58. The van der Waals surface area contributed by atoms with Gasteiger partial charge in [0.05, 0.1) is 0 Å². The van der Waals surface area contributed by atoms with Gasteiger partial charge in [-0.25, -0.2) is 4.79 Å². The van der Waals surface area contributed by atoms with Gasteiger partial charge in [0, 0.05) is 5.54 Å². The van der Waals surface area contributed by atoms with E-state index in [0.717, 1.165) is 0 Å². The fraction of sp³-hybridized carbons (Fsp3) is 0.714. The number of thiocarbonyl (C=S) groups is 1. The molecule has 0 spiro atoms. The van der Waals surface area contributed by atoms with Crippen LogP contribution in [0.3, 0.4) is 0 Å². The molecule has 0 aliphatic heterocycles. The summed E-state index contributed by atoms with van der Waals surface area (Å²) in [6.45, 7) is 5.48. The van der Waals surface area contributed by atoms with E-state index in [1.54, 1.807) is 0 Å². The molecule has 0 atom stereocenters. The Morgan fingerprint density at radius 1 is 1.50 bits per heavy atom. The van der Waals surface area contributed by atoms with E-state index in [2.05, 4.69) is 22.3 Å². The minimum absolute atomic E-state index is 0. The Labute approximate surface area is 78.5 Å². The average Bonchev–Trinajstić information content (AvgIpc) is 1.53. The second-order valence-electron chi connectivity index (χ2n) is 3.08. The number of nitrogens with two attached hydrogens (primary N) is 1. The standard InChI is InChI=1S/C6H12N2O2S.CH4/c1-6(2,3)8-5(9)10-4(7)11;/h1-3H3,(H2,7,11)(H,8,9);1H4. The molecular formula is C7H16N2O2S. The molecule has 0 saturated heterocycles. The van der Waals surface area contributed by atoms with Crippen LogP contribution in [0.25, 0.3) is 0 Å². The van der Waals surface area contributed by atoms with Crippen molar-refractivity contribution in [2.45, 2.75) is 33.7 Å². The first kappa shape index (κ1) is 13.7. The zero-order valence-electron chi connectivity index (χ0n) is 6.80. The van der Waals surface area contributed by atoms with Gasteiger partial charge in [0.1, 0.15) is 0 Å². The summed E-state index contributed by atoms with van der Waals surface area (Å²) in [6, 6.07) is 0. The lowest BCUT2D eigenvalue weighted by molar-refractivity contribution is 0.188. The smallest absolute Gasteiger partial charge is 0.383 e. The largest absolute Gasteiger partial charge is 0.414 e. The number of hydrogen-bond acceptors (Lipinski definition) is 3. The van der Waals surface area contributed by atoms with Crippen LogP contribution in [0.5, 0.6) is 0 Å². The van der Waals surface area contributed by atoms with Crippen LogP contribution in [0.15, 0.2) is 0 Å². The second kappa shape index (κ2) is 4.92. The van der Waals surface area contributed by atoms with Crippen molar-refractivity contribution < 1.29 is 9.53 Å². The molecule has 0 fully saturated rings. The number of amides is 1. The van der Waals surface area contributed by atoms with Crippen LogP contribution in [0, 0.1) is 0 Å². The fourth-order valence-electron chi connectivity index (χ4n) is 0.423. The van der Waals surface area contributed by atoms with Gasteiger partial charge in [0.2, 0.25) is 0 Å². The Hall–Kier alpha value is -0.840. The molecule has 12 heavy (non-hydrogen) atoms. The quantitative estimate of drug-likeness (QED) is 0.569. The van der Waals surface area contributed by atoms with Crippen LogP contribution >= 0.6 is 12.2 Å². The maximum absolute atomic E-state index is 10.8. The first-order chi connectivity index (χ1) is 4.81. The Bertz CT molecular complexity index is 175. The number of nitrogens with one attached hydrogen (secondary N) is 1. The van der Waals surface area contributed by atoms with Crippen molar-refractivity contribution in [3.63, 3.8) is 0 Å². The monoisotopic (exact) mass is 192 g/mol. The lowest BCUT2D eigenvalue weighted by Crippen LogP contribution is -2.42. The third-order valence-electron chi connectivity index (χ3n) is 0.670.